The van der Waals surface area contributed by atoms with Crippen LogP contribution in [0.4, 0.5) is 0 Å². The van der Waals surface area contributed by atoms with E-state index in [1.807, 2.05) is 0 Å². The Bertz CT molecular complexity index is 233. The summed E-state index contributed by atoms with van der Waals surface area (Å²) >= 11 is 0. The molecule has 1 amide bonds. The van der Waals surface area contributed by atoms with E-state index < -0.39 is 0 Å². The minimum Gasteiger partial charge on any atom is -0.349 e. The molecule has 14 heavy (non-hydrogen) atoms. The maximum absolute atomic E-state index is 11.7. The van der Waals surface area contributed by atoms with Gasteiger partial charge in [-0.2, -0.15) is 0 Å². The first-order valence-corrected chi connectivity index (χ1v) is 5.62. The molecule has 0 bridgehead atoms. The summed E-state index contributed by atoms with van der Waals surface area (Å²) in [7, 11) is 0. The van der Waals surface area contributed by atoms with Gasteiger partial charge in [-0.05, 0) is 26.2 Å². The molecule has 2 N–H and O–H groups in total. The Labute approximate surface area is 85.6 Å². The van der Waals surface area contributed by atoms with Crippen LogP contribution < -0.4 is 10.6 Å². The first-order valence-electron chi connectivity index (χ1n) is 5.62. The second-order valence-corrected chi connectivity index (χ2v) is 5.34. The molecule has 1 heterocycles. The largest absolute Gasteiger partial charge is 0.349 e. The van der Waals surface area contributed by atoms with Crippen molar-refractivity contribution in [1.29, 1.82) is 0 Å². The standard InChI is InChI=1S/C11H20N2O/c1-11(2)7-12-9(10(14)13-11)6-8-4-3-5-8/h8-9,12H,3-7H2,1-2H3,(H,13,14). The summed E-state index contributed by atoms with van der Waals surface area (Å²) in [6.45, 7) is 4.99. The molecule has 2 fully saturated rings. The van der Waals surface area contributed by atoms with E-state index in [1.54, 1.807) is 0 Å². The summed E-state index contributed by atoms with van der Waals surface area (Å²) < 4.78 is 0. The lowest BCUT2D eigenvalue weighted by Gasteiger charge is -2.38. The zero-order chi connectivity index (χ0) is 10.2. The van der Waals surface area contributed by atoms with Crippen molar-refractivity contribution in [2.24, 2.45) is 5.92 Å². The molecule has 80 valence electrons. The van der Waals surface area contributed by atoms with Gasteiger partial charge in [-0.25, -0.2) is 0 Å². The Morgan fingerprint density at radius 2 is 2.14 bits per heavy atom. The van der Waals surface area contributed by atoms with E-state index in [4.69, 9.17) is 0 Å². The molecule has 1 atom stereocenters. The number of hydrogen-bond acceptors (Lipinski definition) is 2. The van der Waals surface area contributed by atoms with Crippen molar-refractivity contribution in [1.82, 2.24) is 10.6 Å². The fourth-order valence-corrected chi connectivity index (χ4v) is 2.19. The average molecular weight is 196 g/mol. The summed E-state index contributed by atoms with van der Waals surface area (Å²) in [6, 6.07) is 0.0633. The monoisotopic (exact) mass is 196 g/mol. The van der Waals surface area contributed by atoms with Crippen LogP contribution in [0.1, 0.15) is 39.5 Å². The highest BCUT2D eigenvalue weighted by molar-refractivity contribution is 5.83. The predicted molar refractivity (Wildman–Crippen MR) is 56.0 cm³/mol. The third-order valence-corrected chi connectivity index (χ3v) is 3.36. The Morgan fingerprint density at radius 1 is 1.43 bits per heavy atom. The second-order valence-electron chi connectivity index (χ2n) is 5.34. The lowest BCUT2D eigenvalue weighted by atomic mass is 9.80. The lowest BCUT2D eigenvalue weighted by Crippen LogP contribution is -2.63. The van der Waals surface area contributed by atoms with Crippen LogP contribution >= 0.6 is 0 Å². The first-order chi connectivity index (χ1) is 6.57. The van der Waals surface area contributed by atoms with Crippen LogP contribution in [0.15, 0.2) is 0 Å². The van der Waals surface area contributed by atoms with Gasteiger partial charge in [0.05, 0.1) is 6.04 Å². The van der Waals surface area contributed by atoms with Gasteiger partial charge in [-0.3, -0.25) is 4.79 Å². The summed E-state index contributed by atoms with van der Waals surface area (Å²) in [4.78, 5) is 11.7. The molecule has 1 saturated carbocycles. The molecule has 2 rings (SSSR count). The molecule has 1 aliphatic heterocycles. The topological polar surface area (TPSA) is 41.1 Å². The van der Waals surface area contributed by atoms with Gasteiger partial charge in [-0.15, -0.1) is 0 Å². The van der Waals surface area contributed by atoms with E-state index in [2.05, 4.69) is 24.5 Å². The molecule has 3 nitrogen and oxygen atoms in total. The number of carbonyl (C=O) groups excluding carboxylic acids is 1. The summed E-state index contributed by atoms with van der Waals surface area (Å²) in [6.07, 6.45) is 5.01. The normalized spacial score (nSPS) is 32.1. The first kappa shape index (κ1) is 9.97. The molecule has 0 aromatic rings. The molecule has 1 aliphatic carbocycles. The average Bonchev–Trinajstić information content (AvgIpc) is 1.98. The van der Waals surface area contributed by atoms with Crippen molar-refractivity contribution in [2.75, 3.05) is 6.54 Å². The van der Waals surface area contributed by atoms with E-state index in [9.17, 15) is 4.79 Å². The number of rotatable bonds is 2. The predicted octanol–water partition coefficient (Wildman–Crippen LogP) is 1.04. The van der Waals surface area contributed by atoms with Crippen LogP contribution in [0, 0.1) is 5.92 Å². The molecule has 2 aliphatic rings. The van der Waals surface area contributed by atoms with E-state index in [0.29, 0.717) is 0 Å². The van der Waals surface area contributed by atoms with Gasteiger partial charge in [0.1, 0.15) is 0 Å². The van der Waals surface area contributed by atoms with Gasteiger partial charge in [0.25, 0.3) is 0 Å². The quantitative estimate of drug-likeness (QED) is 0.693. The Kier molecular flexibility index (Phi) is 2.52. The SMILES string of the molecule is CC1(C)CNC(CC2CCC2)C(=O)N1. The zero-order valence-corrected chi connectivity index (χ0v) is 9.10. The number of carbonyl (C=O) groups is 1. The number of piperazine rings is 1. The zero-order valence-electron chi connectivity index (χ0n) is 9.10. The van der Waals surface area contributed by atoms with Crippen LogP contribution in [0.3, 0.4) is 0 Å². The van der Waals surface area contributed by atoms with Crippen LogP contribution in [0.5, 0.6) is 0 Å². The van der Waals surface area contributed by atoms with Crippen LogP contribution in [-0.2, 0) is 4.79 Å². The molecule has 1 unspecified atom stereocenters. The Hall–Kier alpha value is -0.570. The van der Waals surface area contributed by atoms with Crippen LogP contribution in [0.25, 0.3) is 0 Å². The van der Waals surface area contributed by atoms with Crippen molar-refractivity contribution in [3.05, 3.63) is 0 Å². The van der Waals surface area contributed by atoms with Crippen molar-refractivity contribution >= 4 is 5.91 Å². The molecule has 3 heteroatoms. The summed E-state index contributed by atoms with van der Waals surface area (Å²) in [5.74, 6) is 0.979. The van der Waals surface area contributed by atoms with Crippen molar-refractivity contribution < 1.29 is 4.79 Å². The van der Waals surface area contributed by atoms with Crippen molar-refractivity contribution in [2.45, 2.75) is 51.1 Å². The van der Waals surface area contributed by atoms with Crippen molar-refractivity contribution in [3.63, 3.8) is 0 Å². The number of amides is 1. The van der Waals surface area contributed by atoms with Gasteiger partial charge < -0.3 is 10.6 Å². The van der Waals surface area contributed by atoms with E-state index in [-0.39, 0.29) is 17.5 Å². The molecule has 1 saturated heterocycles. The highest BCUT2D eigenvalue weighted by Crippen LogP contribution is 2.31. The smallest absolute Gasteiger partial charge is 0.237 e. The van der Waals surface area contributed by atoms with Crippen LogP contribution in [0.2, 0.25) is 0 Å². The fourth-order valence-electron chi connectivity index (χ4n) is 2.19. The van der Waals surface area contributed by atoms with Gasteiger partial charge >= 0.3 is 0 Å². The number of nitrogens with one attached hydrogen (secondary N) is 2. The minimum absolute atomic E-state index is 0.0633. The minimum atomic E-state index is -0.0762. The molecule has 0 radical (unpaired) electrons. The molecule has 0 spiro atoms. The maximum atomic E-state index is 11.7. The lowest BCUT2D eigenvalue weighted by molar-refractivity contribution is -0.127. The highest BCUT2D eigenvalue weighted by atomic mass is 16.2. The Morgan fingerprint density at radius 3 is 2.64 bits per heavy atom. The maximum Gasteiger partial charge on any atom is 0.237 e. The van der Waals surface area contributed by atoms with Gasteiger partial charge in [0.2, 0.25) is 5.91 Å². The van der Waals surface area contributed by atoms with Gasteiger partial charge in [-0.1, -0.05) is 19.3 Å². The molecular weight excluding hydrogens is 176 g/mol. The van der Waals surface area contributed by atoms with E-state index in [1.165, 1.54) is 19.3 Å². The third-order valence-electron chi connectivity index (χ3n) is 3.36. The van der Waals surface area contributed by atoms with E-state index >= 15 is 0 Å². The van der Waals surface area contributed by atoms with Crippen molar-refractivity contribution in [3.8, 4) is 0 Å². The molecular formula is C11H20N2O. The number of hydrogen-bond donors (Lipinski definition) is 2. The van der Waals surface area contributed by atoms with Gasteiger partial charge in [0, 0.05) is 12.1 Å². The molecule has 0 aromatic heterocycles. The van der Waals surface area contributed by atoms with E-state index in [0.717, 1.165) is 18.9 Å². The van der Waals surface area contributed by atoms with Crippen LogP contribution in [-0.4, -0.2) is 24.0 Å². The third kappa shape index (κ3) is 2.08. The fraction of sp³-hybridized carbons (Fsp3) is 0.909. The summed E-state index contributed by atoms with van der Waals surface area (Å²) in [5.41, 5.74) is -0.0762. The second kappa shape index (κ2) is 3.54. The summed E-state index contributed by atoms with van der Waals surface area (Å²) in [5, 5.41) is 6.40. The molecule has 0 aromatic carbocycles. The highest BCUT2D eigenvalue weighted by Gasteiger charge is 2.34. The Balaban J connectivity index is 1.85. The van der Waals surface area contributed by atoms with Gasteiger partial charge in [0.15, 0.2) is 0 Å².